The first-order valence-electron chi connectivity index (χ1n) is 8.67. The topological polar surface area (TPSA) is 84.5 Å². The predicted octanol–water partition coefficient (Wildman–Crippen LogP) is 4.79. The van der Waals surface area contributed by atoms with Crippen molar-refractivity contribution in [2.45, 2.75) is 13.8 Å². The highest BCUT2D eigenvalue weighted by atomic mass is 16.3. The van der Waals surface area contributed by atoms with Crippen molar-refractivity contribution in [2.75, 3.05) is 10.6 Å². The number of benzene rings is 1. The molecule has 6 nitrogen and oxygen atoms in total. The summed E-state index contributed by atoms with van der Waals surface area (Å²) in [7, 11) is 0. The number of aryl methyl sites for hydroxylation is 2. The largest absolute Gasteiger partial charge is 0.465 e. The number of rotatable bonds is 6. The molecule has 0 bridgehead atoms. The molecule has 0 fully saturated rings. The van der Waals surface area contributed by atoms with Crippen molar-refractivity contribution in [1.82, 2.24) is 0 Å². The molecule has 1 aromatic carbocycles. The summed E-state index contributed by atoms with van der Waals surface area (Å²) in [6.45, 7) is 3.72. The lowest BCUT2D eigenvalue weighted by atomic mass is 10.1. The van der Waals surface area contributed by atoms with Crippen molar-refractivity contribution in [3.8, 4) is 0 Å². The standard InChI is InChI=1S/C22H20N2O4/c1-15-13-20(24-22(26)10-8-18-6-4-12-28-18)16(2)14-19(15)23-21(25)9-7-17-5-3-11-27-17/h3-14H,1-2H3,(H,23,25)(H,24,26)/b9-7+,10-8+. The summed E-state index contributed by atoms with van der Waals surface area (Å²) in [4.78, 5) is 24.2. The molecule has 0 unspecified atom stereocenters. The normalized spacial score (nSPS) is 11.2. The second-order valence-corrected chi connectivity index (χ2v) is 6.16. The number of furan rings is 2. The van der Waals surface area contributed by atoms with Crippen molar-refractivity contribution >= 4 is 35.3 Å². The molecule has 0 saturated heterocycles. The molecule has 0 saturated carbocycles. The van der Waals surface area contributed by atoms with Crippen LogP contribution in [0.15, 0.2) is 69.9 Å². The molecule has 142 valence electrons. The summed E-state index contributed by atoms with van der Waals surface area (Å²) in [6, 6.07) is 10.7. The van der Waals surface area contributed by atoms with E-state index in [2.05, 4.69) is 10.6 Å². The van der Waals surface area contributed by atoms with E-state index in [1.807, 2.05) is 26.0 Å². The lowest BCUT2D eigenvalue weighted by Crippen LogP contribution is -2.12. The molecule has 2 N–H and O–H groups in total. The number of nitrogens with one attached hydrogen (secondary N) is 2. The van der Waals surface area contributed by atoms with Crippen LogP contribution in [0.4, 0.5) is 11.4 Å². The lowest BCUT2D eigenvalue weighted by Gasteiger charge is -2.13. The Morgan fingerprint density at radius 2 is 1.21 bits per heavy atom. The average Bonchev–Trinajstić information content (AvgIpc) is 3.36. The van der Waals surface area contributed by atoms with E-state index in [4.69, 9.17) is 8.83 Å². The average molecular weight is 376 g/mol. The van der Waals surface area contributed by atoms with Gasteiger partial charge in [0, 0.05) is 23.5 Å². The predicted molar refractivity (Wildman–Crippen MR) is 109 cm³/mol. The Bertz CT molecular complexity index is 929. The molecule has 3 rings (SSSR count). The van der Waals surface area contributed by atoms with Gasteiger partial charge in [-0.25, -0.2) is 0 Å². The van der Waals surface area contributed by atoms with E-state index in [0.29, 0.717) is 22.9 Å². The van der Waals surface area contributed by atoms with Crippen LogP contribution in [-0.2, 0) is 9.59 Å². The van der Waals surface area contributed by atoms with Crippen LogP contribution in [0, 0.1) is 13.8 Å². The van der Waals surface area contributed by atoms with Gasteiger partial charge in [-0.3, -0.25) is 9.59 Å². The summed E-state index contributed by atoms with van der Waals surface area (Å²) in [5, 5.41) is 5.66. The molecule has 2 heterocycles. The number of carbonyl (C=O) groups excluding carboxylic acids is 2. The van der Waals surface area contributed by atoms with Gasteiger partial charge in [0.25, 0.3) is 0 Å². The van der Waals surface area contributed by atoms with E-state index in [0.717, 1.165) is 11.1 Å². The summed E-state index contributed by atoms with van der Waals surface area (Å²) >= 11 is 0. The van der Waals surface area contributed by atoms with Crippen LogP contribution >= 0.6 is 0 Å². The number of anilines is 2. The Kier molecular flexibility index (Phi) is 5.91. The molecule has 2 aromatic heterocycles. The van der Waals surface area contributed by atoms with Crippen molar-refractivity contribution in [3.63, 3.8) is 0 Å². The number of hydrogen-bond donors (Lipinski definition) is 2. The third-order valence-corrected chi connectivity index (χ3v) is 3.97. The van der Waals surface area contributed by atoms with Crippen molar-refractivity contribution in [3.05, 3.63) is 83.7 Å². The van der Waals surface area contributed by atoms with Gasteiger partial charge in [0.1, 0.15) is 11.5 Å². The maximum atomic E-state index is 12.1. The van der Waals surface area contributed by atoms with Crippen LogP contribution in [-0.4, -0.2) is 11.8 Å². The fraction of sp³-hybridized carbons (Fsp3) is 0.0909. The quantitative estimate of drug-likeness (QED) is 0.606. The van der Waals surface area contributed by atoms with Crippen LogP contribution in [0.3, 0.4) is 0 Å². The zero-order chi connectivity index (χ0) is 19.9. The summed E-state index contributed by atoms with van der Waals surface area (Å²) < 4.78 is 10.3. The smallest absolute Gasteiger partial charge is 0.248 e. The van der Waals surface area contributed by atoms with Crippen LogP contribution in [0.1, 0.15) is 22.6 Å². The van der Waals surface area contributed by atoms with Gasteiger partial charge in [0.05, 0.1) is 12.5 Å². The molecule has 0 aliphatic heterocycles. The van der Waals surface area contributed by atoms with E-state index >= 15 is 0 Å². The number of amides is 2. The fourth-order valence-corrected chi connectivity index (χ4v) is 2.52. The zero-order valence-electron chi connectivity index (χ0n) is 15.6. The molecule has 0 aliphatic carbocycles. The minimum Gasteiger partial charge on any atom is -0.465 e. The van der Waals surface area contributed by atoms with Crippen LogP contribution in [0.5, 0.6) is 0 Å². The SMILES string of the molecule is Cc1cc(NC(=O)/C=C/c2ccco2)c(C)cc1NC(=O)/C=C/c1ccco1. The highest BCUT2D eigenvalue weighted by Crippen LogP contribution is 2.24. The van der Waals surface area contributed by atoms with E-state index in [1.54, 1.807) is 48.9 Å². The Balaban J connectivity index is 1.65. The number of carbonyl (C=O) groups is 2. The van der Waals surface area contributed by atoms with E-state index < -0.39 is 0 Å². The van der Waals surface area contributed by atoms with Gasteiger partial charge in [-0.15, -0.1) is 0 Å². The molecule has 6 heteroatoms. The van der Waals surface area contributed by atoms with E-state index in [1.165, 1.54) is 12.2 Å². The third kappa shape index (κ3) is 5.11. The van der Waals surface area contributed by atoms with Gasteiger partial charge >= 0.3 is 0 Å². The molecule has 0 atom stereocenters. The summed E-state index contributed by atoms with van der Waals surface area (Å²) in [5.74, 6) is 0.668. The van der Waals surface area contributed by atoms with Crippen LogP contribution < -0.4 is 10.6 Å². The first-order valence-corrected chi connectivity index (χ1v) is 8.67. The van der Waals surface area contributed by atoms with Crippen LogP contribution in [0.25, 0.3) is 12.2 Å². The summed E-state index contributed by atoms with van der Waals surface area (Å²) in [6.07, 6.45) is 9.09. The van der Waals surface area contributed by atoms with Gasteiger partial charge in [0.15, 0.2) is 0 Å². The monoisotopic (exact) mass is 376 g/mol. The Hall–Kier alpha value is -3.80. The first kappa shape index (κ1) is 19.0. The second-order valence-electron chi connectivity index (χ2n) is 6.16. The van der Waals surface area contributed by atoms with Gasteiger partial charge in [0.2, 0.25) is 11.8 Å². The van der Waals surface area contributed by atoms with E-state index in [9.17, 15) is 9.59 Å². The first-order chi connectivity index (χ1) is 13.5. The molecular formula is C22H20N2O4. The van der Waals surface area contributed by atoms with Gasteiger partial charge < -0.3 is 19.5 Å². The molecule has 0 spiro atoms. The van der Waals surface area contributed by atoms with Crippen LogP contribution in [0.2, 0.25) is 0 Å². The van der Waals surface area contributed by atoms with Gasteiger partial charge in [-0.2, -0.15) is 0 Å². The lowest BCUT2D eigenvalue weighted by molar-refractivity contribution is -0.112. The third-order valence-electron chi connectivity index (χ3n) is 3.97. The molecule has 3 aromatic rings. The maximum Gasteiger partial charge on any atom is 0.248 e. The highest BCUT2D eigenvalue weighted by Gasteiger charge is 2.08. The van der Waals surface area contributed by atoms with E-state index in [-0.39, 0.29) is 11.8 Å². The molecule has 28 heavy (non-hydrogen) atoms. The van der Waals surface area contributed by atoms with Gasteiger partial charge in [-0.05, 0) is 73.5 Å². The van der Waals surface area contributed by atoms with Crippen molar-refractivity contribution < 1.29 is 18.4 Å². The number of hydrogen-bond acceptors (Lipinski definition) is 4. The minimum atomic E-state index is -0.267. The maximum absolute atomic E-state index is 12.1. The summed E-state index contributed by atoms with van der Waals surface area (Å²) in [5.41, 5.74) is 3.01. The second kappa shape index (κ2) is 8.73. The van der Waals surface area contributed by atoms with Gasteiger partial charge in [-0.1, -0.05) is 0 Å². The Labute approximate surface area is 162 Å². The molecule has 0 aliphatic rings. The van der Waals surface area contributed by atoms with Crippen molar-refractivity contribution in [2.24, 2.45) is 0 Å². The molecular weight excluding hydrogens is 356 g/mol. The fourth-order valence-electron chi connectivity index (χ4n) is 2.52. The minimum absolute atomic E-state index is 0.267. The zero-order valence-corrected chi connectivity index (χ0v) is 15.6. The Morgan fingerprint density at radius 3 is 1.57 bits per heavy atom. The highest BCUT2D eigenvalue weighted by molar-refractivity contribution is 6.04. The van der Waals surface area contributed by atoms with Crippen molar-refractivity contribution in [1.29, 1.82) is 0 Å². The molecule has 2 amide bonds. The molecule has 0 radical (unpaired) electrons. The Morgan fingerprint density at radius 1 is 0.786 bits per heavy atom.